The molecule has 0 bridgehead atoms. The van der Waals surface area contributed by atoms with Crippen molar-refractivity contribution in [3.05, 3.63) is 53.3 Å². The maximum absolute atomic E-state index is 11.1. The predicted octanol–water partition coefficient (Wildman–Crippen LogP) is 3.55. The summed E-state index contributed by atoms with van der Waals surface area (Å²) in [6.45, 7) is 4.06. The van der Waals surface area contributed by atoms with Crippen molar-refractivity contribution in [3.8, 4) is 0 Å². The number of carboxylic acids is 1. The first kappa shape index (κ1) is 12.6. The highest BCUT2D eigenvalue weighted by molar-refractivity contribution is 7.99. The van der Waals surface area contributed by atoms with Crippen LogP contribution < -0.4 is 0 Å². The van der Waals surface area contributed by atoms with E-state index in [0.717, 1.165) is 10.5 Å². The van der Waals surface area contributed by atoms with Gasteiger partial charge in [-0.1, -0.05) is 29.5 Å². The van der Waals surface area contributed by atoms with Gasteiger partial charge in [-0.2, -0.15) is 0 Å². The molecule has 0 fully saturated rings. The Morgan fingerprint density at radius 2 is 2.00 bits per heavy atom. The lowest BCUT2D eigenvalue weighted by molar-refractivity contribution is 0.0686. The Kier molecular flexibility index (Phi) is 3.67. The highest BCUT2D eigenvalue weighted by atomic mass is 32.2. The van der Waals surface area contributed by atoms with Crippen LogP contribution in [0, 0.1) is 13.8 Å². The molecule has 2 rings (SSSR count). The second-order valence-corrected chi connectivity index (χ2v) is 5.11. The first-order valence-electron chi connectivity index (χ1n) is 5.51. The molecule has 0 spiro atoms. The Bertz CT molecular complexity index is 596. The van der Waals surface area contributed by atoms with Crippen LogP contribution in [0.15, 0.2) is 46.3 Å². The van der Waals surface area contributed by atoms with Crippen LogP contribution >= 0.6 is 11.8 Å². The second-order valence-electron chi connectivity index (χ2n) is 4.03. The number of hydrogen-bond donors (Lipinski definition) is 1. The van der Waals surface area contributed by atoms with Gasteiger partial charge in [-0.3, -0.25) is 0 Å². The van der Waals surface area contributed by atoms with Gasteiger partial charge in [0, 0.05) is 16.0 Å². The number of carbonyl (C=O) groups is 1. The van der Waals surface area contributed by atoms with Crippen molar-refractivity contribution in [1.29, 1.82) is 0 Å². The topological polar surface area (TPSA) is 50.2 Å². The summed E-state index contributed by atoms with van der Waals surface area (Å²) < 4.78 is 0. The third-order valence-corrected chi connectivity index (χ3v) is 3.75. The van der Waals surface area contributed by atoms with Crippen LogP contribution in [-0.2, 0) is 0 Å². The van der Waals surface area contributed by atoms with Gasteiger partial charge < -0.3 is 5.11 Å². The van der Waals surface area contributed by atoms with E-state index in [1.807, 2.05) is 26.0 Å². The summed E-state index contributed by atoms with van der Waals surface area (Å²) in [5.74, 6) is -0.997. The maximum atomic E-state index is 11.1. The van der Waals surface area contributed by atoms with E-state index in [0.29, 0.717) is 4.90 Å². The van der Waals surface area contributed by atoms with E-state index in [4.69, 9.17) is 5.11 Å². The molecule has 18 heavy (non-hydrogen) atoms. The minimum absolute atomic E-state index is 0.0995. The van der Waals surface area contributed by atoms with Gasteiger partial charge in [0.2, 0.25) is 0 Å². The van der Waals surface area contributed by atoms with Crippen LogP contribution in [0.4, 0.5) is 0 Å². The molecule has 0 amide bonds. The number of rotatable bonds is 3. The molecule has 0 aliphatic rings. The fraction of sp³-hybridized carbons (Fsp3) is 0.143. The van der Waals surface area contributed by atoms with Gasteiger partial charge in [-0.05, 0) is 37.6 Å². The number of aryl methyl sites for hydroxylation is 2. The van der Waals surface area contributed by atoms with Crippen LogP contribution in [0.5, 0.6) is 0 Å². The Hall–Kier alpha value is -1.81. The minimum Gasteiger partial charge on any atom is -0.476 e. The molecule has 0 radical (unpaired) electrons. The SMILES string of the molecule is Cc1ccc(Sc2cccnc2C(=O)O)c(C)c1. The van der Waals surface area contributed by atoms with Crippen molar-refractivity contribution in [2.24, 2.45) is 0 Å². The van der Waals surface area contributed by atoms with Gasteiger partial charge in [0.25, 0.3) is 0 Å². The Morgan fingerprint density at radius 1 is 1.22 bits per heavy atom. The summed E-state index contributed by atoms with van der Waals surface area (Å²) in [5, 5.41) is 9.08. The average Bonchev–Trinajstić information content (AvgIpc) is 2.33. The lowest BCUT2D eigenvalue weighted by Gasteiger charge is -2.08. The van der Waals surface area contributed by atoms with Gasteiger partial charge in [0.05, 0.1) is 0 Å². The Labute approximate surface area is 110 Å². The normalized spacial score (nSPS) is 10.3. The van der Waals surface area contributed by atoms with Crippen molar-refractivity contribution in [2.75, 3.05) is 0 Å². The fourth-order valence-electron chi connectivity index (χ4n) is 1.67. The Balaban J connectivity index is 2.37. The van der Waals surface area contributed by atoms with Crippen LogP contribution in [0.3, 0.4) is 0 Å². The van der Waals surface area contributed by atoms with E-state index >= 15 is 0 Å². The molecule has 3 nitrogen and oxygen atoms in total. The number of nitrogens with zero attached hydrogens (tertiary/aromatic N) is 1. The van der Waals surface area contributed by atoms with Gasteiger partial charge in [-0.25, -0.2) is 9.78 Å². The molecule has 0 atom stereocenters. The molecule has 0 saturated carbocycles. The third kappa shape index (κ3) is 2.71. The molecule has 0 saturated heterocycles. The molecule has 1 heterocycles. The van der Waals surface area contributed by atoms with E-state index in [1.165, 1.54) is 23.5 Å². The standard InChI is InChI=1S/C14H13NO2S/c1-9-5-6-11(10(2)8-9)18-12-4-3-7-15-13(12)14(16)17/h3-8H,1-2H3,(H,16,17). The largest absolute Gasteiger partial charge is 0.476 e. The summed E-state index contributed by atoms with van der Waals surface area (Å²) in [4.78, 5) is 16.7. The average molecular weight is 259 g/mol. The van der Waals surface area contributed by atoms with Gasteiger partial charge >= 0.3 is 5.97 Å². The number of hydrogen-bond acceptors (Lipinski definition) is 3. The van der Waals surface area contributed by atoms with E-state index in [1.54, 1.807) is 12.1 Å². The smallest absolute Gasteiger partial charge is 0.355 e. The molecule has 92 valence electrons. The van der Waals surface area contributed by atoms with Crippen LogP contribution in [-0.4, -0.2) is 16.1 Å². The zero-order valence-electron chi connectivity index (χ0n) is 10.2. The molecule has 0 aliphatic carbocycles. The lowest BCUT2D eigenvalue weighted by atomic mass is 10.2. The number of aromatic carboxylic acids is 1. The van der Waals surface area contributed by atoms with E-state index in [9.17, 15) is 4.79 Å². The molecule has 4 heteroatoms. The summed E-state index contributed by atoms with van der Waals surface area (Å²) in [6.07, 6.45) is 1.50. The van der Waals surface area contributed by atoms with Crippen molar-refractivity contribution in [2.45, 2.75) is 23.6 Å². The maximum Gasteiger partial charge on any atom is 0.355 e. The number of pyridine rings is 1. The summed E-state index contributed by atoms with van der Waals surface area (Å²) >= 11 is 1.43. The van der Waals surface area contributed by atoms with Crippen LogP contribution in [0.25, 0.3) is 0 Å². The quantitative estimate of drug-likeness (QED) is 0.915. The minimum atomic E-state index is -0.997. The molecular weight excluding hydrogens is 246 g/mol. The highest BCUT2D eigenvalue weighted by Gasteiger charge is 2.12. The number of carboxylic acid groups (broad SMARTS) is 1. The summed E-state index contributed by atoms with van der Waals surface area (Å²) in [7, 11) is 0. The summed E-state index contributed by atoms with van der Waals surface area (Å²) in [6, 6.07) is 9.64. The molecular formula is C14H13NO2S. The van der Waals surface area contributed by atoms with Gasteiger partial charge in [0.15, 0.2) is 5.69 Å². The molecule has 0 unspecified atom stereocenters. The zero-order valence-corrected chi connectivity index (χ0v) is 11.0. The number of benzene rings is 1. The van der Waals surface area contributed by atoms with Crippen molar-refractivity contribution >= 4 is 17.7 Å². The van der Waals surface area contributed by atoms with Gasteiger partial charge in [0.1, 0.15) is 0 Å². The molecule has 0 aliphatic heterocycles. The molecule has 1 aromatic carbocycles. The molecule has 1 aromatic heterocycles. The first-order valence-corrected chi connectivity index (χ1v) is 6.33. The molecule has 1 N–H and O–H groups in total. The van der Waals surface area contributed by atoms with Crippen molar-refractivity contribution < 1.29 is 9.90 Å². The van der Waals surface area contributed by atoms with E-state index < -0.39 is 5.97 Å². The lowest BCUT2D eigenvalue weighted by Crippen LogP contribution is -2.01. The highest BCUT2D eigenvalue weighted by Crippen LogP contribution is 2.32. The first-order chi connectivity index (χ1) is 8.58. The monoisotopic (exact) mass is 259 g/mol. The van der Waals surface area contributed by atoms with E-state index in [-0.39, 0.29) is 5.69 Å². The van der Waals surface area contributed by atoms with Crippen LogP contribution in [0.1, 0.15) is 21.6 Å². The Morgan fingerprint density at radius 3 is 2.67 bits per heavy atom. The predicted molar refractivity (Wildman–Crippen MR) is 71.2 cm³/mol. The fourth-order valence-corrected chi connectivity index (χ4v) is 2.64. The molecule has 2 aromatic rings. The van der Waals surface area contributed by atoms with E-state index in [2.05, 4.69) is 11.1 Å². The zero-order chi connectivity index (χ0) is 13.1. The van der Waals surface area contributed by atoms with Crippen molar-refractivity contribution in [1.82, 2.24) is 4.98 Å². The van der Waals surface area contributed by atoms with Crippen molar-refractivity contribution in [3.63, 3.8) is 0 Å². The van der Waals surface area contributed by atoms with Gasteiger partial charge in [-0.15, -0.1) is 0 Å². The third-order valence-electron chi connectivity index (χ3n) is 2.52. The van der Waals surface area contributed by atoms with Crippen LogP contribution in [0.2, 0.25) is 0 Å². The second kappa shape index (κ2) is 5.23. The number of aromatic nitrogens is 1. The summed E-state index contributed by atoms with van der Waals surface area (Å²) in [5.41, 5.74) is 2.43.